The van der Waals surface area contributed by atoms with Gasteiger partial charge in [-0.3, -0.25) is 0 Å². The zero-order valence-corrected chi connectivity index (χ0v) is 31.5. The lowest BCUT2D eigenvalue weighted by Crippen LogP contribution is -2.43. The topological polar surface area (TPSA) is 36.9 Å². The Labute approximate surface area is 274 Å². The molecule has 0 aromatic heterocycles. The lowest BCUT2D eigenvalue weighted by molar-refractivity contribution is -0.0168. The second-order valence-electron chi connectivity index (χ2n) is 16.4. The van der Waals surface area contributed by atoms with Gasteiger partial charge in [-0.05, 0) is 96.2 Å². The summed E-state index contributed by atoms with van der Waals surface area (Å²) in [6, 6.07) is 0. The van der Waals surface area contributed by atoms with E-state index in [0.717, 1.165) is 25.7 Å². The summed E-state index contributed by atoms with van der Waals surface area (Å²) in [6.07, 6.45) is 6.57. The number of hydrogen-bond acceptors (Lipinski definition) is 8. The van der Waals surface area contributed by atoms with Gasteiger partial charge < -0.3 is 18.9 Å². The van der Waals surface area contributed by atoms with Crippen LogP contribution in [-0.2, 0) is 18.9 Å². The molecule has 0 spiro atoms. The third-order valence-corrected chi connectivity index (χ3v) is 7.76. The van der Waals surface area contributed by atoms with Gasteiger partial charge in [0.05, 0.1) is 0 Å². The number of ether oxygens (including phenoxy) is 4. The molecule has 0 aliphatic heterocycles. The van der Waals surface area contributed by atoms with E-state index in [4.69, 9.17) is 67.8 Å². The maximum atomic E-state index is 6.20. The van der Waals surface area contributed by atoms with Gasteiger partial charge in [0.2, 0.25) is 0 Å². The SMILES string of the molecule is CC(C)(C)CCC(=S)OCC(COC(=S)CCC(C)(C)C)(COC(=S)CCC(C)(C)C)COC(=S)CCC(C)(C)C. The third kappa shape index (κ3) is 24.7. The lowest BCUT2D eigenvalue weighted by atomic mass is 9.90. The molecule has 0 heterocycles. The first-order chi connectivity index (χ1) is 18.4. The molecule has 41 heavy (non-hydrogen) atoms. The van der Waals surface area contributed by atoms with E-state index in [-0.39, 0.29) is 48.1 Å². The van der Waals surface area contributed by atoms with Crippen molar-refractivity contribution >= 4 is 69.1 Å². The van der Waals surface area contributed by atoms with Crippen LogP contribution in [0, 0.1) is 27.1 Å². The Morgan fingerprint density at radius 1 is 0.366 bits per heavy atom. The first-order valence-corrected chi connectivity index (χ1v) is 16.7. The average molecular weight is 649 g/mol. The third-order valence-electron chi connectivity index (χ3n) is 6.47. The summed E-state index contributed by atoms with van der Waals surface area (Å²) in [5.41, 5.74) is -0.0422. The molecular weight excluding hydrogens is 589 g/mol. The molecule has 0 atom stereocenters. The zero-order valence-electron chi connectivity index (χ0n) is 28.3. The smallest absolute Gasteiger partial charge is 0.159 e. The van der Waals surface area contributed by atoms with E-state index >= 15 is 0 Å². The standard InChI is InChI=1S/C33H60O4S4/c1-29(2,3)17-13-25(38)34-21-33(22-35-26(39)14-18-30(4,5)6,23-36-27(40)15-19-31(7,8)9)24-37-28(41)16-20-32(10,11)12/h13-24H2,1-12H3. The van der Waals surface area contributed by atoms with Crippen LogP contribution < -0.4 is 0 Å². The summed E-state index contributed by atoms with van der Waals surface area (Å²) < 4.78 is 24.8. The maximum absolute atomic E-state index is 6.20. The molecule has 0 aliphatic carbocycles. The minimum Gasteiger partial charge on any atom is -0.486 e. The summed E-state index contributed by atoms with van der Waals surface area (Å²) in [4.78, 5) is 0. The number of thiocarbonyl (C=S) groups is 4. The average Bonchev–Trinajstić information content (AvgIpc) is 2.81. The minimum atomic E-state index is -0.699. The van der Waals surface area contributed by atoms with Crippen molar-refractivity contribution < 1.29 is 18.9 Å². The van der Waals surface area contributed by atoms with Crippen LogP contribution in [0.1, 0.15) is 134 Å². The van der Waals surface area contributed by atoms with Crippen molar-refractivity contribution in [2.75, 3.05) is 26.4 Å². The molecule has 0 saturated carbocycles. The molecule has 0 aliphatic rings. The van der Waals surface area contributed by atoms with Gasteiger partial charge in [-0.15, -0.1) is 0 Å². The van der Waals surface area contributed by atoms with Crippen molar-refractivity contribution in [2.45, 2.75) is 134 Å². The second kappa shape index (κ2) is 17.8. The molecule has 0 rings (SSSR count). The maximum Gasteiger partial charge on any atom is 0.159 e. The predicted molar refractivity (Wildman–Crippen MR) is 191 cm³/mol. The summed E-state index contributed by atoms with van der Waals surface area (Å²) in [7, 11) is 0. The van der Waals surface area contributed by atoms with Gasteiger partial charge in [0.25, 0.3) is 0 Å². The number of rotatable bonds is 16. The first-order valence-electron chi connectivity index (χ1n) is 15.0. The zero-order chi connectivity index (χ0) is 32.1. The molecule has 0 saturated heterocycles. The monoisotopic (exact) mass is 648 g/mol. The van der Waals surface area contributed by atoms with Crippen LogP contribution in [0.5, 0.6) is 0 Å². The highest BCUT2D eigenvalue weighted by molar-refractivity contribution is 7.80. The summed E-state index contributed by atoms with van der Waals surface area (Å²) in [5, 5.41) is 2.30. The van der Waals surface area contributed by atoms with Gasteiger partial charge in [0.15, 0.2) is 20.2 Å². The number of hydrogen-bond donors (Lipinski definition) is 0. The van der Waals surface area contributed by atoms with Crippen LogP contribution in [0.4, 0.5) is 0 Å². The van der Waals surface area contributed by atoms with Crippen molar-refractivity contribution in [3.63, 3.8) is 0 Å². The quantitative estimate of drug-likeness (QED) is 0.153. The van der Waals surface area contributed by atoms with Crippen LogP contribution in [-0.4, -0.2) is 46.6 Å². The molecule has 0 unspecified atom stereocenters. The summed E-state index contributed by atoms with van der Waals surface area (Å²) in [5.74, 6) is 0. The van der Waals surface area contributed by atoms with Crippen molar-refractivity contribution in [1.29, 1.82) is 0 Å². The largest absolute Gasteiger partial charge is 0.486 e. The van der Waals surface area contributed by atoms with Crippen LogP contribution >= 0.6 is 48.9 Å². The van der Waals surface area contributed by atoms with Crippen LogP contribution in [0.25, 0.3) is 0 Å². The highest BCUT2D eigenvalue weighted by atomic mass is 32.1. The van der Waals surface area contributed by atoms with E-state index in [1.165, 1.54) is 0 Å². The van der Waals surface area contributed by atoms with Gasteiger partial charge in [-0.2, -0.15) is 0 Å². The van der Waals surface area contributed by atoms with Crippen molar-refractivity contribution in [2.24, 2.45) is 27.1 Å². The second-order valence-corrected chi connectivity index (χ2v) is 18.2. The minimum absolute atomic E-state index is 0.164. The molecule has 0 aromatic carbocycles. The molecule has 0 radical (unpaired) electrons. The Balaban J connectivity index is 5.82. The molecule has 0 amide bonds. The predicted octanol–water partition coefficient (Wildman–Crippen LogP) is 10.7. The van der Waals surface area contributed by atoms with Crippen LogP contribution in [0.3, 0.4) is 0 Å². The van der Waals surface area contributed by atoms with Gasteiger partial charge in [-0.25, -0.2) is 0 Å². The normalized spacial score (nSPS) is 13.0. The Hall–Kier alpha value is -0.440. The van der Waals surface area contributed by atoms with Gasteiger partial charge >= 0.3 is 0 Å². The Kier molecular flexibility index (Phi) is 17.6. The molecule has 8 heteroatoms. The van der Waals surface area contributed by atoms with Crippen molar-refractivity contribution in [3.8, 4) is 0 Å². The summed E-state index contributed by atoms with van der Waals surface area (Å²) in [6.45, 7) is 27.5. The molecule has 0 N–H and O–H groups in total. The Bertz CT molecular complexity index is 698. The van der Waals surface area contributed by atoms with E-state index in [9.17, 15) is 0 Å². The van der Waals surface area contributed by atoms with Crippen LogP contribution in [0.2, 0.25) is 0 Å². The molecule has 240 valence electrons. The molecular formula is C33H60O4S4. The van der Waals surface area contributed by atoms with E-state index in [2.05, 4.69) is 83.1 Å². The van der Waals surface area contributed by atoms with E-state index < -0.39 is 5.41 Å². The highest BCUT2D eigenvalue weighted by Crippen LogP contribution is 2.28. The van der Waals surface area contributed by atoms with Crippen LogP contribution in [0.15, 0.2) is 0 Å². The summed E-state index contributed by atoms with van der Waals surface area (Å²) >= 11 is 22.5. The lowest BCUT2D eigenvalue weighted by Gasteiger charge is -2.34. The van der Waals surface area contributed by atoms with Crippen molar-refractivity contribution in [1.82, 2.24) is 0 Å². The van der Waals surface area contributed by atoms with E-state index in [1.54, 1.807) is 0 Å². The van der Waals surface area contributed by atoms with Crippen molar-refractivity contribution in [3.05, 3.63) is 0 Å². The van der Waals surface area contributed by atoms with E-state index in [0.29, 0.717) is 45.9 Å². The molecule has 0 bridgehead atoms. The fourth-order valence-electron chi connectivity index (χ4n) is 3.38. The van der Waals surface area contributed by atoms with Gasteiger partial charge in [0.1, 0.15) is 31.8 Å². The Morgan fingerprint density at radius 3 is 0.683 bits per heavy atom. The first kappa shape index (κ1) is 40.6. The molecule has 0 aromatic rings. The van der Waals surface area contributed by atoms with Gasteiger partial charge in [-0.1, -0.05) is 83.1 Å². The fourth-order valence-corrected chi connectivity index (χ4v) is 4.03. The highest BCUT2D eigenvalue weighted by Gasteiger charge is 2.37. The molecule has 4 nitrogen and oxygen atoms in total. The Morgan fingerprint density at radius 2 is 0.537 bits per heavy atom. The van der Waals surface area contributed by atoms with Gasteiger partial charge in [0, 0.05) is 25.7 Å². The fraction of sp³-hybridized carbons (Fsp3) is 0.879. The molecule has 0 fully saturated rings. The van der Waals surface area contributed by atoms with E-state index in [1.807, 2.05) is 0 Å².